The van der Waals surface area contributed by atoms with Gasteiger partial charge in [0, 0.05) is 42.9 Å². The molecule has 4 heterocycles. The topological polar surface area (TPSA) is 106 Å². The van der Waals surface area contributed by atoms with E-state index in [4.69, 9.17) is 10.7 Å². The molecule has 1 saturated carbocycles. The van der Waals surface area contributed by atoms with E-state index in [1.807, 2.05) is 6.07 Å². The van der Waals surface area contributed by atoms with Crippen molar-refractivity contribution in [2.45, 2.75) is 45.7 Å². The van der Waals surface area contributed by atoms with Crippen LogP contribution in [0.5, 0.6) is 0 Å². The lowest BCUT2D eigenvalue weighted by atomic mass is 9.96. The number of nitrogens with zero attached hydrogens (tertiary/aromatic N) is 5. The highest BCUT2D eigenvalue weighted by molar-refractivity contribution is 5.94. The van der Waals surface area contributed by atoms with Crippen LogP contribution in [0.15, 0.2) is 55.2 Å². The fourth-order valence-electron chi connectivity index (χ4n) is 4.75. The number of nitrogen functional groups attached to an aromatic ring is 1. The summed E-state index contributed by atoms with van der Waals surface area (Å²) in [5, 5.41) is 8.99. The molecule has 176 valence electrons. The maximum Gasteiger partial charge on any atom is 0.169 e. The second-order valence-electron chi connectivity index (χ2n) is 9.28. The van der Waals surface area contributed by atoms with Gasteiger partial charge in [0.05, 0.1) is 12.2 Å². The van der Waals surface area contributed by atoms with Crippen LogP contribution >= 0.6 is 0 Å². The van der Waals surface area contributed by atoms with E-state index in [2.05, 4.69) is 74.4 Å². The van der Waals surface area contributed by atoms with Gasteiger partial charge in [-0.3, -0.25) is 0 Å². The van der Waals surface area contributed by atoms with Crippen LogP contribution in [0.4, 0.5) is 17.5 Å². The molecule has 1 aromatic carbocycles. The maximum absolute atomic E-state index is 6.10. The van der Waals surface area contributed by atoms with Crippen molar-refractivity contribution in [1.82, 2.24) is 24.3 Å². The first kappa shape index (κ1) is 21.3. The molecule has 5 aromatic rings. The number of fused-ring (bicyclic) bond motifs is 2. The first-order valence-electron chi connectivity index (χ1n) is 12.0. The van der Waals surface area contributed by atoms with E-state index in [9.17, 15) is 0 Å². The fraction of sp³-hybridized carbons (Fsp3) is 0.259. The van der Waals surface area contributed by atoms with Crippen LogP contribution in [-0.2, 0) is 13.1 Å². The van der Waals surface area contributed by atoms with E-state index in [0.29, 0.717) is 30.5 Å². The fourth-order valence-corrected chi connectivity index (χ4v) is 4.75. The van der Waals surface area contributed by atoms with Crippen LogP contribution < -0.4 is 16.4 Å². The molecule has 0 radical (unpaired) electrons. The Balaban J connectivity index is 1.19. The van der Waals surface area contributed by atoms with Gasteiger partial charge in [0.1, 0.15) is 11.5 Å². The first-order valence-corrected chi connectivity index (χ1v) is 12.0. The third-order valence-corrected chi connectivity index (χ3v) is 6.85. The summed E-state index contributed by atoms with van der Waals surface area (Å²) in [6.07, 6.45) is 12.0. The zero-order valence-electron chi connectivity index (χ0n) is 19.9. The highest BCUT2D eigenvalue weighted by Crippen LogP contribution is 2.39. The summed E-state index contributed by atoms with van der Waals surface area (Å²) in [6.45, 7) is 5.42. The third-order valence-electron chi connectivity index (χ3n) is 6.85. The van der Waals surface area contributed by atoms with Crippen molar-refractivity contribution in [3.05, 3.63) is 83.2 Å². The smallest absolute Gasteiger partial charge is 0.169 e. The second-order valence-corrected chi connectivity index (χ2v) is 9.28. The van der Waals surface area contributed by atoms with Crippen LogP contribution in [-0.4, -0.2) is 24.3 Å². The van der Waals surface area contributed by atoms with Crippen molar-refractivity contribution in [2.24, 2.45) is 0 Å². The Morgan fingerprint density at radius 1 is 0.914 bits per heavy atom. The van der Waals surface area contributed by atoms with Crippen LogP contribution in [0.3, 0.4) is 0 Å². The molecule has 0 spiro atoms. The molecule has 0 amide bonds. The molecule has 4 aromatic heterocycles. The molecule has 0 bridgehead atoms. The summed E-state index contributed by atoms with van der Waals surface area (Å²) in [5.41, 5.74) is 13.0. The summed E-state index contributed by atoms with van der Waals surface area (Å²) in [6, 6.07) is 8.42. The number of hydrogen-bond donors (Lipinski definition) is 3. The van der Waals surface area contributed by atoms with Gasteiger partial charge in [-0.1, -0.05) is 6.07 Å². The van der Waals surface area contributed by atoms with Gasteiger partial charge in [-0.15, -0.1) is 0 Å². The number of nitrogens with one attached hydrogen (secondary N) is 2. The number of rotatable bonds is 7. The quantitative estimate of drug-likeness (QED) is 0.312. The Hall–Kier alpha value is -4.20. The van der Waals surface area contributed by atoms with E-state index in [0.717, 1.165) is 33.6 Å². The Kier molecular flexibility index (Phi) is 5.21. The monoisotopic (exact) mass is 464 g/mol. The predicted octanol–water partition coefficient (Wildman–Crippen LogP) is 4.97. The van der Waals surface area contributed by atoms with Crippen molar-refractivity contribution < 1.29 is 0 Å². The SMILES string of the molecule is Cc1cc2c(N)nccc2c(C)c1CNc1nccnc1NCc1cn2cc(C3CC3)ccc2n1. The maximum atomic E-state index is 6.10. The molecule has 8 nitrogen and oxygen atoms in total. The molecule has 0 unspecified atom stereocenters. The number of aromatic nitrogens is 5. The Bertz CT molecular complexity index is 1550. The van der Waals surface area contributed by atoms with Gasteiger partial charge in [-0.25, -0.2) is 19.9 Å². The average Bonchev–Trinajstić information content (AvgIpc) is 3.63. The Labute approximate surface area is 203 Å². The lowest BCUT2D eigenvalue weighted by Crippen LogP contribution is -2.10. The van der Waals surface area contributed by atoms with Gasteiger partial charge in [-0.05, 0) is 78.4 Å². The molecular weight excluding hydrogens is 436 g/mol. The number of nitrogens with two attached hydrogens (primary N) is 1. The number of pyridine rings is 2. The van der Waals surface area contributed by atoms with Crippen molar-refractivity contribution in [3.63, 3.8) is 0 Å². The number of hydrogen-bond acceptors (Lipinski definition) is 7. The summed E-state index contributed by atoms with van der Waals surface area (Å²) in [4.78, 5) is 18.0. The van der Waals surface area contributed by atoms with Gasteiger partial charge in [0.15, 0.2) is 11.6 Å². The van der Waals surface area contributed by atoms with E-state index >= 15 is 0 Å². The molecule has 0 saturated heterocycles. The molecule has 4 N–H and O–H groups in total. The summed E-state index contributed by atoms with van der Waals surface area (Å²) >= 11 is 0. The number of anilines is 3. The Morgan fingerprint density at radius 3 is 2.46 bits per heavy atom. The average molecular weight is 465 g/mol. The largest absolute Gasteiger partial charge is 0.383 e. The van der Waals surface area contributed by atoms with Gasteiger partial charge in [0.25, 0.3) is 0 Å². The molecular formula is C27H28N8. The van der Waals surface area contributed by atoms with Crippen LogP contribution in [0.2, 0.25) is 0 Å². The molecule has 8 heteroatoms. The first-order chi connectivity index (χ1) is 17.1. The molecule has 0 atom stereocenters. The van der Waals surface area contributed by atoms with Gasteiger partial charge in [0.2, 0.25) is 0 Å². The molecule has 0 aliphatic heterocycles. The lowest BCUT2D eigenvalue weighted by Gasteiger charge is -2.16. The molecule has 35 heavy (non-hydrogen) atoms. The second kappa shape index (κ2) is 8.54. The summed E-state index contributed by atoms with van der Waals surface area (Å²) in [7, 11) is 0. The van der Waals surface area contributed by atoms with Crippen molar-refractivity contribution in [2.75, 3.05) is 16.4 Å². The van der Waals surface area contributed by atoms with E-state index < -0.39 is 0 Å². The normalized spacial score (nSPS) is 13.4. The zero-order chi connectivity index (χ0) is 23.9. The molecule has 6 rings (SSSR count). The van der Waals surface area contributed by atoms with Gasteiger partial charge in [-0.2, -0.15) is 0 Å². The van der Waals surface area contributed by atoms with Crippen LogP contribution in [0.25, 0.3) is 16.4 Å². The number of benzene rings is 1. The van der Waals surface area contributed by atoms with E-state index in [1.165, 1.54) is 29.5 Å². The highest BCUT2D eigenvalue weighted by Gasteiger charge is 2.23. The van der Waals surface area contributed by atoms with Crippen molar-refractivity contribution >= 4 is 33.9 Å². The van der Waals surface area contributed by atoms with Gasteiger partial charge >= 0.3 is 0 Å². The minimum absolute atomic E-state index is 0.560. The summed E-state index contributed by atoms with van der Waals surface area (Å²) < 4.78 is 2.12. The minimum Gasteiger partial charge on any atom is -0.383 e. The molecule has 1 aliphatic carbocycles. The third kappa shape index (κ3) is 4.12. The Morgan fingerprint density at radius 2 is 1.69 bits per heavy atom. The molecule has 1 aliphatic rings. The van der Waals surface area contributed by atoms with Crippen molar-refractivity contribution in [3.8, 4) is 0 Å². The predicted molar refractivity (Wildman–Crippen MR) is 139 cm³/mol. The standard InChI is InChI=1S/C27H28N8/c1-16-11-22-21(7-8-29-25(22)28)17(2)23(16)13-33-27-26(30-9-10-31-27)32-12-20-15-35-14-19(18-3-4-18)5-6-24(35)34-20/h5-11,14-15,18H,3-4,12-13H2,1-2H3,(H2,28,29)(H,30,32)(H,31,33). The van der Waals surface area contributed by atoms with Crippen molar-refractivity contribution in [1.29, 1.82) is 0 Å². The zero-order valence-corrected chi connectivity index (χ0v) is 19.9. The van der Waals surface area contributed by atoms with Gasteiger partial charge < -0.3 is 20.8 Å². The van der Waals surface area contributed by atoms with E-state index in [1.54, 1.807) is 18.6 Å². The summed E-state index contributed by atoms with van der Waals surface area (Å²) in [5.74, 6) is 2.69. The molecule has 1 fully saturated rings. The number of imidazole rings is 1. The number of aryl methyl sites for hydroxylation is 2. The van der Waals surface area contributed by atoms with Crippen LogP contribution in [0, 0.1) is 13.8 Å². The van der Waals surface area contributed by atoms with E-state index in [-0.39, 0.29) is 0 Å². The lowest BCUT2D eigenvalue weighted by molar-refractivity contribution is 1.02. The minimum atomic E-state index is 0.560. The highest BCUT2D eigenvalue weighted by atomic mass is 15.1. The van der Waals surface area contributed by atoms with Crippen LogP contribution in [0.1, 0.15) is 46.7 Å².